The number of carbonyl (C=O) groups excluding carboxylic acids is 3. The first-order chi connectivity index (χ1) is 6.02. The lowest BCUT2D eigenvalue weighted by Gasteiger charge is -2.19. The van der Waals surface area contributed by atoms with Crippen LogP contribution in [0.3, 0.4) is 0 Å². The number of hydrogen-bond acceptors (Lipinski definition) is 3. The number of rotatable bonds is 2. The van der Waals surface area contributed by atoms with Gasteiger partial charge in [0, 0.05) is 19.8 Å². The second-order valence-electron chi connectivity index (χ2n) is 2.74. The number of halogens is 1. The molecule has 72 valence electrons. The van der Waals surface area contributed by atoms with E-state index < -0.39 is 0 Å². The minimum absolute atomic E-state index is 0.00694. The molecule has 5 nitrogen and oxygen atoms in total. The van der Waals surface area contributed by atoms with Gasteiger partial charge in [-0.15, -0.1) is 0 Å². The van der Waals surface area contributed by atoms with Gasteiger partial charge in [-0.05, 0) is 0 Å². The van der Waals surface area contributed by atoms with Crippen molar-refractivity contribution in [1.82, 2.24) is 8.83 Å². The molecule has 1 fully saturated rings. The van der Waals surface area contributed by atoms with Gasteiger partial charge < -0.3 is 0 Å². The molecule has 0 radical (unpaired) electrons. The molecular formula is C7H9BrN2O3. The van der Waals surface area contributed by atoms with Gasteiger partial charge in [-0.2, -0.15) is 0 Å². The minimum Gasteiger partial charge on any atom is -0.274 e. The lowest BCUT2D eigenvalue weighted by Crippen LogP contribution is -2.38. The molecule has 0 atom stereocenters. The molecule has 1 saturated heterocycles. The van der Waals surface area contributed by atoms with Gasteiger partial charge in [0.1, 0.15) is 6.67 Å². The fourth-order valence-electron chi connectivity index (χ4n) is 1.00. The van der Waals surface area contributed by atoms with Crippen molar-refractivity contribution in [2.45, 2.75) is 19.8 Å². The highest BCUT2D eigenvalue weighted by Gasteiger charge is 2.30. The maximum Gasteiger partial charge on any atom is 0.231 e. The molecule has 1 aliphatic heterocycles. The van der Waals surface area contributed by atoms with Crippen LogP contribution in [0.15, 0.2) is 0 Å². The summed E-state index contributed by atoms with van der Waals surface area (Å²) in [7, 11) is 0. The quantitative estimate of drug-likeness (QED) is 0.520. The Morgan fingerprint density at radius 2 is 1.92 bits per heavy atom. The first kappa shape index (κ1) is 10.2. The highest BCUT2D eigenvalue weighted by molar-refractivity contribution is 9.07. The number of likely N-dealkylation sites (tertiary alicyclic amines) is 1. The summed E-state index contributed by atoms with van der Waals surface area (Å²) < 4.78 is 1.15. The fraction of sp³-hybridized carbons (Fsp3) is 0.571. The van der Waals surface area contributed by atoms with Crippen LogP contribution < -0.4 is 0 Å². The van der Waals surface area contributed by atoms with Gasteiger partial charge in [0.15, 0.2) is 0 Å². The van der Waals surface area contributed by atoms with E-state index in [-0.39, 0.29) is 37.2 Å². The van der Waals surface area contributed by atoms with Crippen molar-refractivity contribution in [2.24, 2.45) is 0 Å². The number of carbonyl (C=O) groups is 3. The highest BCUT2D eigenvalue weighted by atomic mass is 79.9. The summed E-state index contributed by atoms with van der Waals surface area (Å²) in [6.45, 7) is 1.34. The van der Waals surface area contributed by atoms with E-state index in [1.165, 1.54) is 6.92 Å². The predicted molar refractivity (Wildman–Crippen MR) is 47.4 cm³/mol. The molecule has 0 N–H and O–H groups in total. The first-order valence-electron chi connectivity index (χ1n) is 3.79. The molecule has 0 spiro atoms. The van der Waals surface area contributed by atoms with Crippen molar-refractivity contribution in [3.8, 4) is 0 Å². The molecule has 0 aromatic carbocycles. The Hall–Kier alpha value is -0.910. The average Bonchev–Trinajstić information content (AvgIpc) is 2.35. The van der Waals surface area contributed by atoms with Crippen LogP contribution in [0.1, 0.15) is 19.8 Å². The third kappa shape index (κ3) is 2.27. The maximum absolute atomic E-state index is 11.1. The molecule has 6 heteroatoms. The number of imide groups is 1. The SMILES string of the molecule is CC(=O)N(Br)CN1C(=O)CCC1=O. The summed E-state index contributed by atoms with van der Waals surface area (Å²) in [6, 6.07) is 0. The third-order valence-electron chi connectivity index (χ3n) is 1.76. The first-order valence-corrected chi connectivity index (χ1v) is 4.50. The van der Waals surface area contributed by atoms with E-state index in [4.69, 9.17) is 0 Å². The van der Waals surface area contributed by atoms with Crippen LogP contribution in [-0.4, -0.2) is 33.2 Å². The zero-order valence-electron chi connectivity index (χ0n) is 7.12. The largest absolute Gasteiger partial charge is 0.274 e. The van der Waals surface area contributed by atoms with Gasteiger partial charge >= 0.3 is 0 Å². The van der Waals surface area contributed by atoms with Crippen LogP contribution in [-0.2, 0) is 14.4 Å². The lowest BCUT2D eigenvalue weighted by molar-refractivity contribution is -0.140. The normalized spacial score (nSPS) is 16.6. The fourth-order valence-corrected chi connectivity index (χ4v) is 1.23. The summed E-state index contributed by atoms with van der Waals surface area (Å²) in [6.07, 6.45) is 0.495. The number of amides is 3. The van der Waals surface area contributed by atoms with Gasteiger partial charge in [0.2, 0.25) is 17.7 Å². The Balaban J connectivity index is 2.57. The Morgan fingerprint density at radius 3 is 2.31 bits per heavy atom. The number of nitrogens with zero attached hydrogens (tertiary/aromatic N) is 2. The van der Waals surface area contributed by atoms with E-state index in [1.807, 2.05) is 0 Å². The van der Waals surface area contributed by atoms with Crippen LogP contribution in [0.5, 0.6) is 0 Å². The zero-order valence-corrected chi connectivity index (χ0v) is 8.70. The minimum atomic E-state index is -0.243. The van der Waals surface area contributed by atoms with Crippen molar-refractivity contribution in [1.29, 1.82) is 0 Å². The van der Waals surface area contributed by atoms with Crippen LogP contribution in [0, 0.1) is 0 Å². The van der Waals surface area contributed by atoms with Gasteiger partial charge in [-0.3, -0.25) is 23.2 Å². The van der Waals surface area contributed by atoms with E-state index in [9.17, 15) is 14.4 Å². The summed E-state index contributed by atoms with van der Waals surface area (Å²) in [5.41, 5.74) is 0. The molecule has 1 aliphatic rings. The van der Waals surface area contributed by atoms with Crippen molar-refractivity contribution in [3.05, 3.63) is 0 Å². The van der Waals surface area contributed by atoms with E-state index in [0.717, 1.165) is 8.83 Å². The van der Waals surface area contributed by atoms with E-state index in [2.05, 4.69) is 16.1 Å². The Kier molecular flexibility index (Phi) is 3.02. The number of hydrogen-bond donors (Lipinski definition) is 0. The van der Waals surface area contributed by atoms with Crippen LogP contribution >= 0.6 is 16.1 Å². The molecule has 0 saturated carbocycles. The van der Waals surface area contributed by atoms with Crippen molar-refractivity contribution < 1.29 is 14.4 Å². The third-order valence-corrected chi connectivity index (χ3v) is 2.49. The lowest BCUT2D eigenvalue weighted by atomic mass is 10.4. The molecule has 0 aromatic rings. The van der Waals surface area contributed by atoms with Crippen molar-refractivity contribution in [3.63, 3.8) is 0 Å². The summed E-state index contributed by atoms with van der Waals surface area (Å²) in [4.78, 5) is 34.0. The Labute approximate surface area is 84.0 Å². The van der Waals surface area contributed by atoms with E-state index >= 15 is 0 Å². The average molecular weight is 249 g/mol. The van der Waals surface area contributed by atoms with Crippen LogP contribution in [0.4, 0.5) is 0 Å². The highest BCUT2D eigenvalue weighted by Crippen LogP contribution is 2.13. The molecule has 0 aromatic heterocycles. The molecule has 0 bridgehead atoms. The van der Waals surface area contributed by atoms with Gasteiger partial charge in [0.25, 0.3) is 0 Å². The van der Waals surface area contributed by atoms with E-state index in [1.54, 1.807) is 0 Å². The van der Waals surface area contributed by atoms with Crippen molar-refractivity contribution >= 4 is 33.9 Å². The zero-order chi connectivity index (χ0) is 10.0. The summed E-state index contributed by atoms with van der Waals surface area (Å²) in [5, 5.41) is 0. The molecule has 13 heavy (non-hydrogen) atoms. The summed E-state index contributed by atoms with van der Waals surface area (Å²) >= 11 is 2.94. The van der Waals surface area contributed by atoms with Crippen molar-refractivity contribution in [2.75, 3.05) is 6.67 Å². The standard InChI is InChI=1S/C7H9BrN2O3/c1-5(11)10(8)4-9-6(12)2-3-7(9)13/h2-4H2,1H3. The summed E-state index contributed by atoms with van der Waals surface area (Å²) in [5.74, 6) is -0.695. The van der Waals surface area contributed by atoms with Gasteiger partial charge in [-0.1, -0.05) is 0 Å². The van der Waals surface area contributed by atoms with Gasteiger partial charge in [0.05, 0.1) is 16.1 Å². The molecule has 1 rings (SSSR count). The second kappa shape index (κ2) is 3.87. The molecule has 1 heterocycles. The molecule has 3 amide bonds. The van der Waals surface area contributed by atoms with Crippen LogP contribution in [0.25, 0.3) is 0 Å². The molecule has 0 aliphatic carbocycles. The van der Waals surface area contributed by atoms with Gasteiger partial charge in [-0.25, -0.2) is 0 Å². The monoisotopic (exact) mass is 248 g/mol. The predicted octanol–water partition coefficient (Wildman–Crippen LogP) is 0.251. The van der Waals surface area contributed by atoms with Crippen LogP contribution in [0.2, 0.25) is 0 Å². The molecule has 0 unspecified atom stereocenters. The topological polar surface area (TPSA) is 57.7 Å². The Bertz CT molecular complexity index is 250. The van der Waals surface area contributed by atoms with E-state index in [0.29, 0.717) is 0 Å². The smallest absolute Gasteiger partial charge is 0.231 e. The second-order valence-corrected chi connectivity index (χ2v) is 3.59. The molecular weight excluding hydrogens is 240 g/mol. The Morgan fingerprint density at radius 1 is 1.46 bits per heavy atom. The maximum atomic E-state index is 11.1.